The summed E-state index contributed by atoms with van der Waals surface area (Å²) in [6, 6.07) is 0. The highest BCUT2D eigenvalue weighted by molar-refractivity contribution is 5.71. The molecule has 1 aromatic rings. The fourth-order valence-corrected chi connectivity index (χ4v) is 1.34. The van der Waals surface area contributed by atoms with Gasteiger partial charge in [-0.1, -0.05) is 0 Å². The van der Waals surface area contributed by atoms with E-state index in [4.69, 9.17) is 10.8 Å². The van der Waals surface area contributed by atoms with Crippen LogP contribution in [-0.2, 0) is 17.8 Å². The van der Waals surface area contributed by atoms with Gasteiger partial charge in [0.25, 0.3) is 6.43 Å². The SMILES string of the molecule is NCc1ncc(F)c(CC(=O)O)c1C(F)F. The maximum absolute atomic E-state index is 13.2. The summed E-state index contributed by atoms with van der Waals surface area (Å²) in [7, 11) is 0. The second-order valence-corrected chi connectivity index (χ2v) is 3.02. The molecule has 0 aliphatic carbocycles. The topological polar surface area (TPSA) is 76.2 Å². The number of carbonyl (C=O) groups is 1. The third kappa shape index (κ3) is 2.48. The van der Waals surface area contributed by atoms with Crippen LogP contribution in [0.3, 0.4) is 0 Å². The molecule has 0 amide bonds. The number of halogens is 3. The number of nitrogens with two attached hydrogens (primary N) is 1. The van der Waals surface area contributed by atoms with Gasteiger partial charge in [-0.3, -0.25) is 9.78 Å². The lowest BCUT2D eigenvalue weighted by molar-refractivity contribution is -0.136. The van der Waals surface area contributed by atoms with Crippen LogP contribution in [0.2, 0.25) is 0 Å². The van der Waals surface area contributed by atoms with E-state index in [1.807, 2.05) is 0 Å². The molecule has 1 aromatic heterocycles. The summed E-state index contributed by atoms with van der Waals surface area (Å²) in [6.45, 7) is -0.299. The van der Waals surface area contributed by atoms with E-state index in [1.165, 1.54) is 0 Å². The number of aliphatic carboxylic acids is 1. The summed E-state index contributed by atoms with van der Waals surface area (Å²) in [5.41, 5.74) is 3.71. The average Bonchev–Trinajstić information content (AvgIpc) is 2.19. The number of aromatic nitrogens is 1. The van der Waals surface area contributed by atoms with Gasteiger partial charge in [-0.05, 0) is 0 Å². The number of carboxylic acid groups (broad SMARTS) is 1. The van der Waals surface area contributed by atoms with E-state index in [2.05, 4.69) is 4.98 Å². The molecule has 0 aliphatic heterocycles. The van der Waals surface area contributed by atoms with Gasteiger partial charge < -0.3 is 10.8 Å². The minimum Gasteiger partial charge on any atom is -0.481 e. The predicted molar refractivity (Wildman–Crippen MR) is 48.4 cm³/mol. The number of carboxylic acids is 1. The van der Waals surface area contributed by atoms with E-state index in [-0.39, 0.29) is 12.2 Å². The first-order valence-corrected chi connectivity index (χ1v) is 4.33. The molecule has 7 heteroatoms. The fourth-order valence-electron chi connectivity index (χ4n) is 1.34. The predicted octanol–water partition coefficient (Wildman–Crippen LogP) is 1.24. The Morgan fingerprint density at radius 2 is 2.19 bits per heavy atom. The van der Waals surface area contributed by atoms with Crippen molar-refractivity contribution in [3.8, 4) is 0 Å². The average molecular weight is 234 g/mol. The van der Waals surface area contributed by atoms with Crippen LogP contribution in [0.5, 0.6) is 0 Å². The zero-order chi connectivity index (χ0) is 12.3. The molecule has 0 saturated heterocycles. The molecule has 0 unspecified atom stereocenters. The molecule has 0 fully saturated rings. The molecule has 16 heavy (non-hydrogen) atoms. The van der Waals surface area contributed by atoms with Gasteiger partial charge in [-0.25, -0.2) is 13.2 Å². The number of hydrogen-bond acceptors (Lipinski definition) is 3. The van der Waals surface area contributed by atoms with Crippen LogP contribution in [0.1, 0.15) is 23.2 Å². The van der Waals surface area contributed by atoms with Gasteiger partial charge in [-0.15, -0.1) is 0 Å². The molecule has 0 atom stereocenters. The monoisotopic (exact) mass is 234 g/mol. The first-order valence-electron chi connectivity index (χ1n) is 4.33. The standard InChI is InChI=1S/C9H9F3N2O2/c10-5-3-14-6(2-13)8(9(11)12)4(5)1-7(15)16/h3,9H,1-2,13H2,(H,15,16). The summed E-state index contributed by atoms with van der Waals surface area (Å²) in [5, 5.41) is 8.50. The molecule has 0 aromatic carbocycles. The van der Waals surface area contributed by atoms with Gasteiger partial charge in [0.2, 0.25) is 0 Å². The number of nitrogens with zero attached hydrogens (tertiary/aromatic N) is 1. The van der Waals surface area contributed by atoms with E-state index in [9.17, 15) is 18.0 Å². The van der Waals surface area contributed by atoms with Gasteiger partial charge in [0, 0.05) is 17.7 Å². The quantitative estimate of drug-likeness (QED) is 0.821. The Morgan fingerprint density at radius 1 is 1.56 bits per heavy atom. The molecule has 1 rings (SSSR count). The van der Waals surface area contributed by atoms with Crippen LogP contribution >= 0.6 is 0 Å². The van der Waals surface area contributed by atoms with Gasteiger partial charge in [0.15, 0.2) is 0 Å². The molecular formula is C9H9F3N2O2. The second kappa shape index (κ2) is 4.93. The molecule has 0 radical (unpaired) electrons. The van der Waals surface area contributed by atoms with E-state index in [1.54, 1.807) is 0 Å². The molecule has 0 saturated carbocycles. The number of hydrogen-bond donors (Lipinski definition) is 2. The van der Waals surface area contributed by atoms with Crippen molar-refractivity contribution in [2.75, 3.05) is 0 Å². The Hall–Kier alpha value is -1.63. The normalized spacial score (nSPS) is 10.8. The molecule has 1 heterocycles. The Kier molecular flexibility index (Phi) is 3.83. The van der Waals surface area contributed by atoms with Crippen molar-refractivity contribution in [2.24, 2.45) is 5.73 Å². The lowest BCUT2D eigenvalue weighted by Gasteiger charge is -2.11. The number of pyridine rings is 1. The summed E-state index contributed by atoms with van der Waals surface area (Å²) in [6.07, 6.45) is -3.12. The Labute approximate surface area is 88.9 Å². The van der Waals surface area contributed by atoms with Crippen LogP contribution in [0.15, 0.2) is 6.20 Å². The number of rotatable bonds is 4. The molecule has 4 nitrogen and oxygen atoms in total. The van der Waals surface area contributed by atoms with Crippen LogP contribution in [0.25, 0.3) is 0 Å². The second-order valence-electron chi connectivity index (χ2n) is 3.02. The van der Waals surface area contributed by atoms with Crippen LogP contribution < -0.4 is 5.73 Å². The van der Waals surface area contributed by atoms with Gasteiger partial charge in [0.1, 0.15) is 5.82 Å². The van der Waals surface area contributed by atoms with E-state index in [0.29, 0.717) is 6.20 Å². The molecule has 0 aliphatic rings. The van der Waals surface area contributed by atoms with Crippen LogP contribution in [0.4, 0.5) is 13.2 Å². The van der Waals surface area contributed by atoms with Crippen LogP contribution in [-0.4, -0.2) is 16.1 Å². The van der Waals surface area contributed by atoms with Crippen molar-refractivity contribution in [2.45, 2.75) is 19.4 Å². The third-order valence-electron chi connectivity index (χ3n) is 2.00. The third-order valence-corrected chi connectivity index (χ3v) is 2.00. The first kappa shape index (κ1) is 12.4. The van der Waals surface area contributed by atoms with E-state index >= 15 is 0 Å². The molecule has 0 bridgehead atoms. The maximum atomic E-state index is 13.2. The van der Waals surface area contributed by atoms with Crippen molar-refractivity contribution in [1.29, 1.82) is 0 Å². The Bertz CT molecular complexity index is 410. The highest BCUT2D eigenvalue weighted by atomic mass is 19.3. The van der Waals surface area contributed by atoms with Crippen molar-refractivity contribution in [1.82, 2.24) is 4.98 Å². The van der Waals surface area contributed by atoms with Crippen LogP contribution in [0, 0.1) is 5.82 Å². The van der Waals surface area contributed by atoms with Gasteiger partial charge >= 0.3 is 5.97 Å². The van der Waals surface area contributed by atoms with Gasteiger partial charge in [0.05, 0.1) is 18.3 Å². The first-order chi connectivity index (χ1) is 7.47. The fraction of sp³-hybridized carbons (Fsp3) is 0.333. The minimum atomic E-state index is -3.00. The molecule has 3 N–H and O–H groups in total. The Morgan fingerprint density at radius 3 is 2.62 bits per heavy atom. The van der Waals surface area contributed by atoms with E-state index in [0.717, 1.165) is 0 Å². The smallest absolute Gasteiger partial charge is 0.307 e. The zero-order valence-electron chi connectivity index (χ0n) is 8.08. The summed E-state index contributed by atoms with van der Waals surface area (Å²) in [5.74, 6) is -2.45. The maximum Gasteiger partial charge on any atom is 0.307 e. The summed E-state index contributed by atoms with van der Waals surface area (Å²) >= 11 is 0. The number of alkyl halides is 2. The Balaban J connectivity index is 3.35. The zero-order valence-corrected chi connectivity index (χ0v) is 8.08. The largest absolute Gasteiger partial charge is 0.481 e. The highest BCUT2D eigenvalue weighted by Crippen LogP contribution is 2.27. The lowest BCUT2D eigenvalue weighted by Crippen LogP contribution is -2.13. The van der Waals surface area contributed by atoms with E-state index < -0.39 is 35.8 Å². The summed E-state index contributed by atoms with van der Waals surface area (Å²) in [4.78, 5) is 13.8. The van der Waals surface area contributed by atoms with Crippen molar-refractivity contribution in [3.05, 3.63) is 28.8 Å². The van der Waals surface area contributed by atoms with Crippen molar-refractivity contribution < 1.29 is 23.1 Å². The lowest BCUT2D eigenvalue weighted by atomic mass is 10.0. The van der Waals surface area contributed by atoms with Crippen molar-refractivity contribution >= 4 is 5.97 Å². The van der Waals surface area contributed by atoms with Gasteiger partial charge in [-0.2, -0.15) is 0 Å². The molecular weight excluding hydrogens is 225 g/mol. The molecule has 88 valence electrons. The van der Waals surface area contributed by atoms with Crippen molar-refractivity contribution in [3.63, 3.8) is 0 Å². The highest BCUT2D eigenvalue weighted by Gasteiger charge is 2.23. The summed E-state index contributed by atoms with van der Waals surface area (Å²) < 4.78 is 38.5. The minimum absolute atomic E-state index is 0.187. The molecule has 0 spiro atoms.